The smallest absolute Gasteiger partial charge is 0.274 e. The Morgan fingerprint density at radius 1 is 1.52 bits per heavy atom. The maximum atomic E-state index is 12.8. The molecule has 2 saturated heterocycles. The van der Waals surface area contributed by atoms with E-state index < -0.39 is 0 Å². The predicted molar refractivity (Wildman–Crippen MR) is 83.8 cm³/mol. The number of H-pyrrole nitrogens is 1. The van der Waals surface area contributed by atoms with E-state index in [2.05, 4.69) is 31.0 Å². The molecule has 1 amide bonds. The zero-order valence-corrected chi connectivity index (χ0v) is 13.7. The molecule has 0 radical (unpaired) electrons. The van der Waals surface area contributed by atoms with Crippen LogP contribution in [-0.2, 0) is 10.2 Å². The van der Waals surface area contributed by atoms with Gasteiger partial charge in [0.05, 0.1) is 6.61 Å². The van der Waals surface area contributed by atoms with Crippen molar-refractivity contribution in [3.8, 4) is 0 Å². The number of ether oxygens (including phenoxy) is 1. The monoisotopic (exact) mass is 309 g/mol. The number of nitrogens with zero attached hydrogens (tertiary/aromatic N) is 2. The lowest BCUT2D eigenvalue weighted by molar-refractivity contribution is 0.0315. The van der Waals surface area contributed by atoms with Gasteiger partial charge in [-0.25, -0.2) is 0 Å². The van der Waals surface area contributed by atoms with Crippen molar-refractivity contribution in [1.82, 2.24) is 15.1 Å². The molecule has 6 heteroatoms. The number of aromatic nitrogens is 2. The Labute approximate surface area is 129 Å². The molecular formula is C15H23N3O2S. The van der Waals surface area contributed by atoms with Crippen LogP contribution in [0.4, 0.5) is 0 Å². The van der Waals surface area contributed by atoms with E-state index in [0.29, 0.717) is 17.0 Å². The Kier molecular flexibility index (Phi) is 4.01. The average Bonchev–Trinajstić information content (AvgIpc) is 2.96. The van der Waals surface area contributed by atoms with Gasteiger partial charge in [0.1, 0.15) is 5.69 Å². The molecule has 2 atom stereocenters. The first-order valence-electron chi connectivity index (χ1n) is 7.53. The summed E-state index contributed by atoms with van der Waals surface area (Å²) in [5.74, 6) is 1.03. The molecule has 3 heterocycles. The van der Waals surface area contributed by atoms with Gasteiger partial charge in [-0.3, -0.25) is 9.89 Å². The minimum absolute atomic E-state index is 0.0233. The molecule has 2 aliphatic heterocycles. The Balaban J connectivity index is 1.79. The van der Waals surface area contributed by atoms with Crippen LogP contribution < -0.4 is 0 Å². The standard InChI is InChI=1S/C15H23N3O2S/c1-15(2,3)13-8-10(16-17-13)14(19)18-5-7-21-12-9-20-6-4-11(12)18/h8,11-12H,4-7,9H2,1-3H3,(H,16,17). The molecule has 5 nitrogen and oxygen atoms in total. The number of rotatable bonds is 1. The molecule has 0 spiro atoms. The second-order valence-electron chi connectivity index (χ2n) is 6.76. The quantitative estimate of drug-likeness (QED) is 0.862. The fourth-order valence-electron chi connectivity index (χ4n) is 2.90. The molecule has 0 bridgehead atoms. The van der Waals surface area contributed by atoms with E-state index in [1.807, 2.05) is 22.7 Å². The van der Waals surface area contributed by atoms with Crippen LogP contribution in [0.3, 0.4) is 0 Å². The molecule has 21 heavy (non-hydrogen) atoms. The van der Waals surface area contributed by atoms with Gasteiger partial charge in [0.25, 0.3) is 5.91 Å². The van der Waals surface area contributed by atoms with Gasteiger partial charge in [0.15, 0.2) is 0 Å². The predicted octanol–water partition coefficient (Wildman–Crippen LogP) is 2.05. The number of thioether (sulfide) groups is 1. The number of carbonyl (C=O) groups excluding carboxylic acids is 1. The van der Waals surface area contributed by atoms with E-state index in [9.17, 15) is 4.79 Å². The van der Waals surface area contributed by atoms with Gasteiger partial charge >= 0.3 is 0 Å². The van der Waals surface area contributed by atoms with Gasteiger partial charge in [-0.1, -0.05) is 20.8 Å². The van der Waals surface area contributed by atoms with Gasteiger partial charge in [-0.15, -0.1) is 0 Å². The fourth-order valence-corrected chi connectivity index (χ4v) is 4.20. The van der Waals surface area contributed by atoms with Crippen LogP contribution >= 0.6 is 11.8 Å². The van der Waals surface area contributed by atoms with Crippen molar-refractivity contribution in [2.75, 3.05) is 25.5 Å². The molecule has 0 saturated carbocycles. The number of hydrogen-bond donors (Lipinski definition) is 1. The first kappa shape index (κ1) is 14.9. The number of aromatic amines is 1. The van der Waals surface area contributed by atoms with Crippen molar-refractivity contribution < 1.29 is 9.53 Å². The van der Waals surface area contributed by atoms with Crippen molar-refractivity contribution in [2.45, 2.75) is 43.9 Å². The van der Waals surface area contributed by atoms with Crippen LogP contribution in [0.15, 0.2) is 6.07 Å². The minimum Gasteiger partial charge on any atom is -0.380 e. The van der Waals surface area contributed by atoms with E-state index in [0.717, 1.165) is 37.6 Å². The second kappa shape index (κ2) is 5.65. The Morgan fingerprint density at radius 2 is 2.33 bits per heavy atom. The zero-order chi connectivity index (χ0) is 15.0. The van der Waals surface area contributed by atoms with Crippen LogP contribution in [-0.4, -0.2) is 57.8 Å². The molecule has 2 unspecified atom stereocenters. The highest BCUT2D eigenvalue weighted by Gasteiger charge is 2.38. The van der Waals surface area contributed by atoms with E-state index >= 15 is 0 Å². The van der Waals surface area contributed by atoms with Gasteiger partial charge < -0.3 is 9.64 Å². The van der Waals surface area contributed by atoms with Crippen LogP contribution in [0.2, 0.25) is 0 Å². The molecule has 116 valence electrons. The number of amides is 1. The number of fused-ring (bicyclic) bond motifs is 1. The number of hydrogen-bond acceptors (Lipinski definition) is 4. The Hall–Kier alpha value is -1.01. The highest BCUT2D eigenvalue weighted by atomic mass is 32.2. The summed E-state index contributed by atoms with van der Waals surface area (Å²) in [6.45, 7) is 8.65. The van der Waals surface area contributed by atoms with Crippen molar-refractivity contribution >= 4 is 17.7 Å². The molecule has 1 N–H and O–H groups in total. The van der Waals surface area contributed by atoms with E-state index in [-0.39, 0.29) is 11.3 Å². The van der Waals surface area contributed by atoms with Crippen LogP contribution in [0.25, 0.3) is 0 Å². The summed E-state index contributed by atoms with van der Waals surface area (Å²) >= 11 is 1.93. The average molecular weight is 309 g/mol. The van der Waals surface area contributed by atoms with E-state index in [1.165, 1.54) is 0 Å². The molecular weight excluding hydrogens is 286 g/mol. The third-order valence-electron chi connectivity index (χ3n) is 4.20. The molecule has 0 aliphatic carbocycles. The summed E-state index contributed by atoms with van der Waals surface area (Å²) in [7, 11) is 0. The topological polar surface area (TPSA) is 58.2 Å². The van der Waals surface area contributed by atoms with Gasteiger partial charge in [0, 0.05) is 41.3 Å². The maximum absolute atomic E-state index is 12.8. The highest BCUT2D eigenvalue weighted by molar-refractivity contribution is 8.00. The third-order valence-corrected chi connectivity index (χ3v) is 5.50. The fraction of sp³-hybridized carbons (Fsp3) is 0.733. The lowest BCUT2D eigenvalue weighted by Gasteiger charge is -2.43. The van der Waals surface area contributed by atoms with Crippen LogP contribution in [0.5, 0.6) is 0 Å². The Bertz CT molecular complexity index is 521. The lowest BCUT2D eigenvalue weighted by atomic mass is 9.92. The van der Waals surface area contributed by atoms with Crippen molar-refractivity contribution in [2.24, 2.45) is 0 Å². The highest BCUT2D eigenvalue weighted by Crippen LogP contribution is 2.31. The van der Waals surface area contributed by atoms with Crippen LogP contribution in [0.1, 0.15) is 43.4 Å². The lowest BCUT2D eigenvalue weighted by Crippen LogP contribution is -2.54. The zero-order valence-electron chi connectivity index (χ0n) is 12.9. The van der Waals surface area contributed by atoms with Crippen LogP contribution in [0, 0.1) is 0 Å². The molecule has 0 aromatic carbocycles. The molecule has 1 aromatic heterocycles. The minimum atomic E-state index is -0.0233. The Morgan fingerprint density at radius 3 is 3.05 bits per heavy atom. The maximum Gasteiger partial charge on any atom is 0.274 e. The summed E-state index contributed by atoms with van der Waals surface area (Å²) < 4.78 is 5.54. The SMILES string of the molecule is CC(C)(C)c1cc(C(=O)N2CCSC3COCCC32)n[nH]1. The number of carbonyl (C=O) groups is 1. The van der Waals surface area contributed by atoms with Gasteiger partial charge in [0.2, 0.25) is 0 Å². The van der Waals surface area contributed by atoms with Crippen molar-refractivity contribution in [1.29, 1.82) is 0 Å². The molecule has 1 aromatic rings. The second-order valence-corrected chi connectivity index (χ2v) is 8.10. The summed E-state index contributed by atoms with van der Waals surface area (Å²) in [4.78, 5) is 14.8. The largest absolute Gasteiger partial charge is 0.380 e. The third kappa shape index (κ3) is 2.97. The van der Waals surface area contributed by atoms with E-state index in [1.54, 1.807) is 0 Å². The number of nitrogens with one attached hydrogen (secondary N) is 1. The first-order valence-corrected chi connectivity index (χ1v) is 8.58. The van der Waals surface area contributed by atoms with Gasteiger partial charge in [-0.2, -0.15) is 16.9 Å². The normalized spacial score (nSPS) is 26.5. The molecule has 3 rings (SSSR count). The first-order chi connectivity index (χ1) is 9.97. The van der Waals surface area contributed by atoms with Crippen molar-refractivity contribution in [3.05, 3.63) is 17.5 Å². The van der Waals surface area contributed by atoms with Crippen molar-refractivity contribution in [3.63, 3.8) is 0 Å². The van der Waals surface area contributed by atoms with E-state index in [4.69, 9.17) is 4.74 Å². The summed E-state index contributed by atoms with van der Waals surface area (Å²) in [6.07, 6.45) is 0.931. The summed E-state index contributed by atoms with van der Waals surface area (Å²) in [5.41, 5.74) is 1.52. The molecule has 2 aliphatic rings. The molecule has 2 fully saturated rings. The summed E-state index contributed by atoms with van der Waals surface area (Å²) in [5, 5.41) is 7.67. The summed E-state index contributed by atoms with van der Waals surface area (Å²) in [6, 6.07) is 2.19. The van der Waals surface area contributed by atoms with Gasteiger partial charge in [-0.05, 0) is 12.5 Å².